The summed E-state index contributed by atoms with van der Waals surface area (Å²) in [6, 6.07) is 13.8. The van der Waals surface area contributed by atoms with Crippen LogP contribution in [0.5, 0.6) is 5.75 Å². The number of hydrogen-bond acceptors (Lipinski definition) is 3. The number of ether oxygens (including phenoxy) is 1. The minimum atomic E-state index is -0.0466. The van der Waals surface area contributed by atoms with E-state index in [-0.39, 0.29) is 5.54 Å². The van der Waals surface area contributed by atoms with Gasteiger partial charge >= 0.3 is 0 Å². The number of benzene rings is 2. The van der Waals surface area contributed by atoms with Gasteiger partial charge in [0.1, 0.15) is 12.4 Å². The Bertz CT molecular complexity index is 654. The van der Waals surface area contributed by atoms with Gasteiger partial charge in [-0.1, -0.05) is 24.3 Å². The fraction of sp³-hybridized carbons (Fsp3) is 0.353. The molecular weight excluding hydrogens is 248 g/mol. The molecular formula is C17H20N2O. The van der Waals surface area contributed by atoms with E-state index in [1.54, 1.807) is 0 Å². The minimum Gasteiger partial charge on any atom is -0.491 e. The summed E-state index contributed by atoms with van der Waals surface area (Å²) < 4.78 is 5.99. The summed E-state index contributed by atoms with van der Waals surface area (Å²) in [6.45, 7) is 4.87. The summed E-state index contributed by atoms with van der Waals surface area (Å²) >= 11 is 0. The second kappa shape index (κ2) is 5.52. The number of nitriles is 1. The molecule has 0 aliphatic heterocycles. The van der Waals surface area contributed by atoms with Crippen LogP contribution in [0.1, 0.15) is 19.4 Å². The molecule has 0 atom stereocenters. The van der Waals surface area contributed by atoms with Crippen molar-refractivity contribution in [3.8, 4) is 11.8 Å². The van der Waals surface area contributed by atoms with Crippen LogP contribution >= 0.6 is 0 Å². The molecule has 2 aromatic carbocycles. The molecule has 0 aliphatic carbocycles. The average molecular weight is 268 g/mol. The Morgan fingerprint density at radius 1 is 1.10 bits per heavy atom. The number of rotatable bonds is 4. The van der Waals surface area contributed by atoms with Crippen molar-refractivity contribution in [2.24, 2.45) is 0 Å². The lowest BCUT2D eigenvalue weighted by molar-refractivity contribution is 0.115. The van der Waals surface area contributed by atoms with Gasteiger partial charge in [-0.15, -0.1) is 0 Å². The Kier molecular flexibility index (Phi) is 3.96. The van der Waals surface area contributed by atoms with Gasteiger partial charge < -0.3 is 9.64 Å². The van der Waals surface area contributed by atoms with Crippen LogP contribution in [0.4, 0.5) is 0 Å². The van der Waals surface area contributed by atoms with Gasteiger partial charge in [0.25, 0.3) is 0 Å². The van der Waals surface area contributed by atoms with Crippen LogP contribution in [0.2, 0.25) is 0 Å². The molecule has 0 N–H and O–H groups in total. The second-order valence-electron chi connectivity index (χ2n) is 5.76. The Balaban J connectivity index is 2.35. The molecule has 2 rings (SSSR count). The normalized spacial score (nSPS) is 11.6. The van der Waals surface area contributed by atoms with Gasteiger partial charge in [0.05, 0.1) is 11.6 Å². The highest BCUT2D eigenvalue weighted by atomic mass is 16.5. The van der Waals surface area contributed by atoms with Crippen LogP contribution in [0, 0.1) is 11.3 Å². The summed E-state index contributed by atoms with van der Waals surface area (Å²) in [6.07, 6.45) is 0. The Morgan fingerprint density at radius 2 is 1.75 bits per heavy atom. The van der Waals surface area contributed by atoms with E-state index in [9.17, 15) is 0 Å². The Labute approximate surface area is 120 Å². The first kappa shape index (κ1) is 14.4. The van der Waals surface area contributed by atoms with E-state index in [1.807, 2.05) is 50.5 Å². The van der Waals surface area contributed by atoms with Gasteiger partial charge in [-0.05, 0) is 40.1 Å². The second-order valence-corrected chi connectivity index (χ2v) is 5.76. The summed E-state index contributed by atoms with van der Waals surface area (Å²) in [4.78, 5) is 2.14. The molecule has 0 aliphatic rings. The lowest BCUT2D eigenvalue weighted by atomic mass is 10.0. The zero-order valence-corrected chi connectivity index (χ0v) is 12.5. The highest BCUT2D eigenvalue weighted by Crippen LogP contribution is 2.29. The first-order valence-electron chi connectivity index (χ1n) is 6.68. The molecule has 104 valence electrons. The molecule has 0 saturated heterocycles. The van der Waals surface area contributed by atoms with Crippen LogP contribution in [-0.2, 0) is 0 Å². The molecule has 0 aromatic heterocycles. The van der Waals surface area contributed by atoms with Crippen molar-refractivity contribution in [3.63, 3.8) is 0 Å². The average Bonchev–Trinajstić information content (AvgIpc) is 2.44. The quantitative estimate of drug-likeness (QED) is 0.852. The van der Waals surface area contributed by atoms with Gasteiger partial charge in [-0.25, -0.2) is 0 Å². The molecule has 0 unspecified atom stereocenters. The molecule has 0 saturated carbocycles. The standard InChI is InChI=1S/C17H20N2O/c1-17(2,19(3)4)12-20-16-10-9-13(11-18)14-7-5-6-8-15(14)16/h5-10H,12H2,1-4H3. The van der Waals surface area contributed by atoms with Crippen molar-refractivity contribution >= 4 is 10.8 Å². The third-order valence-electron chi connectivity index (χ3n) is 3.80. The van der Waals surface area contributed by atoms with Gasteiger partial charge in [-0.2, -0.15) is 5.26 Å². The SMILES string of the molecule is CN(C)C(C)(C)COc1ccc(C#N)c2ccccc12. The highest BCUT2D eigenvalue weighted by Gasteiger charge is 2.21. The van der Waals surface area contributed by atoms with E-state index < -0.39 is 0 Å². The maximum absolute atomic E-state index is 9.16. The topological polar surface area (TPSA) is 36.3 Å². The third kappa shape index (κ3) is 2.76. The molecule has 0 radical (unpaired) electrons. The first-order valence-corrected chi connectivity index (χ1v) is 6.68. The molecule has 0 bridgehead atoms. The largest absolute Gasteiger partial charge is 0.491 e. The predicted octanol–water partition coefficient (Wildman–Crippen LogP) is 3.43. The summed E-state index contributed by atoms with van der Waals surface area (Å²) in [5.41, 5.74) is 0.634. The lowest BCUT2D eigenvalue weighted by Gasteiger charge is -2.32. The Morgan fingerprint density at radius 3 is 2.35 bits per heavy atom. The van der Waals surface area contributed by atoms with Crippen LogP contribution in [0.25, 0.3) is 10.8 Å². The maximum Gasteiger partial charge on any atom is 0.127 e. The van der Waals surface area contributed by atoms with Crippen LogP contribution in [0.3, 0.4) is 0 Å². The van der Waals surface area contributed by atoms with Crippen LogP contribution in [0.15, 0.2) is 36.4 Å². The zero-order valence-electron chi connectivity index (χ0n) is 12.5. The van der Waals surface area contributed by atoms with E-state index in [4.69, 9.17) is 10.00 Å². The van der Waals surface area contributed by atoms with Crippen molar-refractivity contribution < 1.29 is 4.74 Å². The highest BCUT2D eigenvalue weighted by molar-refractivity contribution is 5.92. The fourth-order valence-electron chi connectivity index (χ4n) is 1.88. The smallest absolute Gasteiger partial charge is 0.127 e. The van der Waals surface area contributed by atoms with E-state index in [0.29, 0.717) is 12.2 Å². The molecule has 0 spiro atoms. The number of likely N-dealkylation sites (N-methyl/N-ethyl adjacent to an activating group) is 1. The minimum absolute atomic E-state index is 0.0466. The van der Waals surface area contributed by atoms with Crippen molar-refractivity contribution in [2.75, 3.05) is 20.7 Å². The first-order chi connectivity index (χ1) is 9.45. The van der Waals surface area contributed by atoms with Gasteiger partial charge in [0.2, 0.25) is 0 Å². The summed E-state index contributed by atoms with van der Waals surface area (Å²) in [5, 5.41) is 11.1. The molecule has 2 aromatic rings. The molecule has 3 nitrogen and oxygen atoms in total. The predicted molar refractivity (Wildman–Crippen MR) is 81.9 cm³/mol. The molecule has 0 fully saturated rings. The maximum atomic E-state index is 9.16. The van der Waals surface area contributed by atoms with Gasteiger partial charge in [0, 0.05) is 16.3 Å². The van der Waals surface area contributed by atoms with Crippen molar-refractivity contribution in [3.05, 3.63) is 42.0 Å². The lowest BCUT2D eigenvalue weighted by Crippen LogP contribution is -2.43. The number of fused-ring (bicyclic) bond motifs is 1. The summed E-state index contributed by atoms with van der Waals surface area (Å²) in [5.74, 6) is 0.828. The number of nitrogens with zero attached hydrogens (tertiary/aromatic N) is 2. The molecule has 0 heterocycles. The number of hydrogen-bond donors (Lipinski definition) is 0. The molecule has 20 heavy (non-hydrogen) atoms. The zero-order chi connectivity index (χ0) is 14.8. The van der Waals surface area contributed by atoms with Gasteiger partial charge in [0.15, 0.2) is 0 Å². The monoisotopic (exact) mass is 268 g/mol. The van der Waals surface area contributed by atoms with E-state index in [2.05, 4.69) is 24.8 Å². The van der Waals surface area contributed by atoms with E-state index in [1.165, 1.54) is 0 Å². The molecule has 3 heteroatoms. The van der Waals surface area contributed by atoms with Gasteiger partial charge in [-0.3, -0.25) is 0 Å². The van der Waals surface area contributed by atoms with Crippen LogP contribution in [-0.4, -0.2) is 31.1 Å². The van der Waals surface area contributed by atoms with E-state index in [0.717, 1.165) is 16.5 Å². The van der Waals surface area contributed by atoms with Crippen molar-refractivity contribution in [1.82, 2.24) is 4.90 Å². The fourth-order valence-corrected chi connectivity index (χ4v) is 1.88. The van der Waals surface area contributed by atoms with Crippen molar-refractivity contribution in [1.29, 1.82) is 5.26 Å². The van der Waals surface area contributed by atoms with Crippen molar-refractivity contribution in [2.45, 2.75) is 19.4 Å². The third-order valence-corrected chi connectivity index (χ3v) is 3.80. The van der Waals surface area contributed by atoms with Crippen LogP contribution < -0.4 is 4.74 Å². The van der Waals surface area contributed by atoms with E-state index >= 15 is 0 Å². The molecule has 0 amide bonds. The summed E-state index contributed by atoms with van der Waals surface area (Å²) in [7, 11) is 4.08. The Hall–Kier alpha value is -2.05.